The maximum Gasteiger partial charge on any atom is 0.382 e. The van der Waals surface area contributed by atoms with Gasteiger partial charge >= 0.3 is 7.60 Å². The van der Waals surface area contributed by atoms with Crippen molar-refractivity contribution in [3.63, 3.8) is 0 Å². The molecular weight excluding hydrogens is 235 g/mol. The molecule has 1 fully saturated rings. The van der Waals surface area contributed by atoms with E-state index in [2.05, 4.69) is 20.7 Å². The lowest BCUT2D eigenvalue weighted by Crippen LogP contribution is -2.24. The van der Waals surface area contributed by atoms with Gasteiger partial charge in [-0.05, 0) is 0 Å². The summed E-state index contributed by atoms with van der Waals surface area (Å²) in [5.74, 6) is 0. The fourth-order valence-electron chi connectivity index (χ4n) is 0.860. The van der Waals surface area contributed by atoms with Crippen LogP contribution in [0.4, 0.5) is 0 Å². The van der Waals surface area contributed by atoms with Crippen LogP contribution >= 0.6 is 7.60 Å². The van der Waals surface area contributed by atoms with Gasteiger partial charge in [-0.3, -0.25) is 9.12 Å². The first-order chi connectivity index (χ1) is 6.40. The zero-order valence-electron chi connectivity index (χ0n) is 7.03. The lowest BCUT2D eigenvalue weighted by atomic mass is 10.8. The van der Waals surface area contributed by atoms with Gasteiger partial charge in [0.05, 0.1) is 6.61 Å². The molecule has 0 aromatic heterocycles. The summed E-state index contributed by atoms with van der Waals surface area (Å²) in [7, 11) is -8.61. The molecule has 9 heteroatoms. The molecule has 0 aromatic carbocycles. The Hall–Kier alpha value is -0.240. The Morgan fingerprint density at radius 3 is 2.50 bits per heavy atom. The van der Waals surface area contributed by atoms with Crippen LogP contribution in [-0.4, -0.2) is 31.2 Å². The molecule has 1 saturated heterocycles. The van der Waals surface area contributed by atoms with Crippen molar-refractivity contribution in [2.24, 2.45) is 0 Å². The van der Waals surface area contributed by atoms with E-state index in [1.807, 2.05) is 0 Å². The minimum Gasteiger partial charge on any atom is -0.303 e. The number of hydrogen-bond acceptors (Lipinski definition) is 6. The van der Waals surface area contributed by atoms with E-state index in [0.29, 0.717) is 0 Å². The monoisotopic (exact) mass is 244 g/mol. The van der Waals surface area contributed by atoms with Crippen LogP contribution < -0.4 is 0 Å². The molecule has 2 unspecified atom stereocenters. The minimum absolute atomic E-state index is 0.0410. The Morgan fingerprint density at radius 1 is 1.50 bits per heavy atom. The molecule has 7 nitrogen and oxygen atoms in total. The van der Waals surface area contributed by atoms with E-state index in [4.69, 9.17) is 4.55 Å². The van der Waals surface area contributed by atoms with Gasteiger partial charge in [0.15, 0.2) is 0 Å². The molecule has 0 amide bonds. The van der Waals surface area contributed by atoms with E-state index in [0.717, 1.165) is 6.08 Å². The average molecular weight is 244 g/mol. The van der Waals surface area contributed by atoms with Gasteiger partial charge in [-0.25, -0.2) is 4.89 Å². The molecule has 14 heavy (non-hydrogen) atoms. The van der Waals surface area contributed by atoms with Gasteiger partial charge < -0.3 is 4.52 Å². The highest BCUT2D eigenvalue weighted by Crippen LogP contribution is 2.56. The summed E-state index contributed by atoms with van der Waals surface area (Å²) in [5, 5.41) is 0. The van der Waals surface area contributed by atoms with E-state index in [1.54, 1.807) is 0 Å². The minimum atomic E-state index is -4.58. The van der Waals surface area contributed by atoms with Crippen molar-refractivity contribution in [1.82, 2.24) is 0 Å². The summed E-state index contributed by atoms with van der Waals surface area (Å²) in [4.78, 5) is 2.53. The van der Waals surface area contributed by atoms with Crippen molar-refractivity contribution in [3.05, 3.63) is 12.7 Å². The van der Waals surface area contributed by atoms with Crippen LogP contribution in [0.15, 0.2) is 12.7 Å². The van der Waals surface area contributed by atoms with Gasteiger partial charge in [-0.2, -0.15) is 8.42 Å². The molecule has 2 atom stereocenters. The summed E-state index contributed by atoms with van der Waals surface area (Å²) in [6.45, 7) is 3.09. The second-order valence-electron chi connectivity index (χ2n) is 2.41. The van der Waals surface area contributed by atoms with Crippen LogP contribution in [0.3, 0.4) is 0 Å². The largest absolute Gasteiger partial charge is 0.382 e. The van der Waals surface area contributed by atoms with Gasteiger partial charge in [0.2, 0.25) is 4.99 Å². The average Bonchev–Trinajstić information content (AvgIpc) is 2.03. The van der Waals surface area contributed by atoms with Crippen LogP contribution in [0.25, 0.3) is 0 Å². The van der Waals surface area contributed by atoms with Crippen LogP contribution in [0.5, 0.6) is 0 Å². The molecule has 1 aliphatic rings. The van der Waals surface area contributed by atoms with Crippen molar-refractivity contribution in [3.8, 4) is 0 Å². The molecule has 0 aliphatic carbocycles. The smallest absolute Gasteiger partial charge is 0.303 e. The predicted octanol–water partition coefficient (Wildman–Crippen LogP) is 0.558. The van der Waals surface area contributed by atoms with Crippen molar-refractivity contribution in [2.75, 3.05) is 13.2 Å². The second-order valence-corrected chi connectivity index (χ2v) is 6.34. The molecule has 1 N–H and O–H groups in total. The van der Waals surface area contributed by atoms with E-state index in [-0.39, 0.29) is 13.2 Å². The van der Waals surface area contributed by atoms with Crippen LogP contribution in [0, 0.1) is 0 Å². The summed E-state index contributed by atoms with van der Waals surface area (Å²) in [5.41, 5.74) is 0. The fourth-order valence-corrected chi connectivity index (χ4v) is 3.78. The van der Waals surface area contributed by atoms with E-state index >= 15 is 0 Å². The highest BCUT2D eigenvalue weighted by atomic mass is 32.2. The topological polar surface area (TPSA) is 99.1 Å². The predicted molar refractivity (Wildman–Crippen MR) is 46.1 cm³/mol. The van der Waals surface area contributed by atoms with Gasteiger partial charge in [-0.1, -0.05) is 6.08 Å². The second kappa shape index (κ2) is 4.09. The SMILES string of the molecule is C=CC(P1(=O)OCCOO1)S(=O)(=O)O. The third kappa shape index (κ3) is 2.41. The highest BCUT2D eigenvalue weighted by Gasteiger charge is 2.45. The zero-order chi connectivity index (χ0) is 10.8. The van der Waals surface area contributed by atoms with Gasteiger partial charge in [0, 0.05) is 0 Å². The Bertz CT molecular complexity index is 350. The highest BCUT2D eigenvalue weighted by molar-refractivity contribution is 7.94. The van der Waals surface area contributed by atoms with E-state index in [9.17, 15) is 13.0 Å². The van der Waals surface area contributed by atoms with Gasteiger partial charge in [-0.15, -0.1) is 11.3 Å². The standard InChI is InChI=1S/C5H9O7PS/c1-2-5(14(7,8)9)13(6)11-4-3-10-12-13/h2,5H,1,3-4H2,(H,7,8,9). The Morgan fingerprint density at radius 2 is 2.14 bits per heavy atom. The lowest BCUT2D eigenvalue weighted by Gasteiger charge is -2.24. The third-order valence-electron chi connectivity index (χ3n) is 1.41. The summed E-state index contributed by atoms with van der Waals surface area (Å²) < 4.78 is 50.8. The van der Waals surface area contributed by atoms with Crippen molar-refractivity contribution in [2.45, 2.75) is 4.99 Å². The van der Waals surface area contributed by atoms with Crippen LogP contribution in [-0.2, 0) is 28.8 Å². The van der Waals surface area contributed by atoms with Gasteiger partial charge in [0.1, 0.15) is 6.61 Å². The first-order valence-electron chi connectivity index (χ1n) is 3.54. The Labute approximate surface area is 80.9 Å². The molecule has 0 radical (unpaired) electrons. The lowest BCUT2D eigenvalue weighted by molar-refractivity contribution is -0.240. The van der Waals surface area contributed by atoms with Crippen molar-refractivity contribution >= 4 is 17.7 Å². The number of hydrogen-bond donors (Lipinski definition) is 1. The third-order valence-corrected chi connectivity index (χ3v) is 5.48. The van der Waals surface area contributed by atoms with Crippen molar-refractivity contribution < 1.29 is 31.6 Å². The molecule has 0 aromatic rings. The first kappa shape index (κ1) is 11.8. The zero-order valence-corrected chi connectivity index (χ0v) is 8.74. The van der Waals surface area contributed by atoms with E-state index < -0.39 is 22.7 Å². The number of rotatable bonds is 3. The van der Waals surface area contributed by atoms with Crippen LogP contribution in [0.1, 0.15) is 0 Å². The van der Waals surface area contributed by atoms with Gasteiger partial charge in [0.25, 0.3) is 10.1 Å². The summed E-state index contributed by atoms with van der Waals surface area (Å²) in [6.07, 6.45) is 0.769. The Balaban J connectivity index is 2.99. The summed E-state index contributed by atoms with van der Waals surface area (Å²) >= 11 is 0. The molecule has 0 spiro atoms. The molecule has 0 saturated carbocycles. The fraction of sp³-hybridized carbons (Fsp3) is 0.600. The first-order valence-corrected chi connectivity index (χ1v) is 6.66. The molecule has 82 valence electrons. The molecule has 1 rings (SSSR count). The maximum absolute atomic E-state index is 11.6. The maximum atomic E-state index is 11.6. The Kier molecular flexibility index (Phi) is 3.46. The van der Waals surface area contributed by atoms with Crippen LogP contribution in [0.2, 0.25) is 0 Å². The molecule has 0 bridgehead atoms. The normalized spacial score (nSPS) is 30.9. The molecule has 1 heterocycles. The van der Waals surface area contributed by atoms with Crippen molar-refractivity contribution in [1.29, 1.82) is 0 Å². The molecule has 1 aliphatic heterocycles. The quantitative estimate of drug-likeness (QED) is 0.335. The summed E-state index contributed by atoms with van der Waals surface area (Å²) in [6, 6.07) is 0. The molecular formula is C5H9O7PS. The van der Waals surface area contributed by atoms with E-state index in [1.165, 1.54) is 0 Å².